The molecule has 2 rings (SSSR count). The lowest BCUT2D eigenvalue weighted by molar-refractivity contribution is -0.154. The fourth-order valence-corrected chi connectivity index (χ4v) is 3.00. The Hall–Kier alpha value is -1.10. The molecule has 5 heteroatoms. The van der Waals surface area contributed by atoms with E-state index in [1.807, 2.05) is 0 Å². The van der Waals surface area contributed by atoms with Gasteiger partial charge in [-0.2, -0.15) is 0 Å². The van der Waals surface area contributed by atoms with Crippen LogP contribution in [0.4, 0.5) is 0 Å². The quantitative estimate of drug-likeness (QED) is 0.783. The highest BCUT2D eigenvalue weighted by Gasteiger charge is 2.38. The first kappa shape index (κ1) is 13.3. The summed E-state index contributed by atoms with van der Waals surface area (Å²) in [6.07, 6.45) is 4.36. The molecule has 1 amide bonds. The molecule has 2 unspecified atom stereocenters. The minimum absolute atomic E-state index is 0.0190. The molecule has 0 aromatic carbocycles. The van der Waals surface area contributed by atoms with E-state index in [1.54, 1.807) is 4.90 Å². The Balaban J connectivity index is 2.05. The number of carbonyl (C=O) groups is 2. The Labute approximate surface area is 108 Å². The maximum absolute atomic E-state index is 12.3. The molecular formula is C13H22N2O3. The number of likely N-dealkylation sites (tertiary alicyclic amines) is 1. The van der Waals surface area contributed by atoms with Crippen molar-refractivity contribution >= 4 is 11.9 Å². The van der Waals surface area contributed by atoms with Crippen LogP contribution in [-0.2, 0) is 9.59 Å². The standard InChI is InChI=1S/C13H22N2O3/c1-2-9-5-7-15(11(8-9)13(17)18)12(16)10-4-3-6-14-10/h9-11,14H,2-8H2,1H3,(H,17,18)/t9?,10-,11?/m0/s1. The van der Waals surface area contributed by atoms with Crippen LogP contribution in [0.2, 0.25) is 0 Å². The molecule has 2 aliphatic rings. The van der Waals surface area contributed by atoms with Gasteiger partial charge in [0.05, 0.1) is 6.04 Å². The molecule has 0 aliphatic carbocycles. The lowest BCUT2D eigenvalue weighted by Gasteiger charge is -2.38. The maximum atomic E-state index is 12.3. The number of nitrogens with one attached hydrogen (secondary N) is 1. The average Bonchev–Trinajstić information content (AvgIpc) is 2.91. The second-order valence-electron chi connectivity index (χ2n) is 5.33. The molecule has 2 N–H and O–H groups in total. The molecule has 0 spiro atoms. The van der Waals surface area contributed by atoms with Gasteiger partial charge in [-0.1, -0.05) is 13.3 Å². The van der Waals surface area contributed by atoms with Gasteiger partial charge in [0.25, 0.3) is 0 Å². The number of rotatable bonds is 3. The Morgan fingerprint density at radius 3 is 2.72 bits per heavy atom. The van der Waals surface area contributed by atoms with Crippen LogP contribution in [0.15, 0.2) is 0 Å². The van der Waals surface area contributed by atoms with Crippen molar-refractivity contribution in [1.82, 2.24) is 10.2 Å². The molecule has 5 nitrogen and oxygen atoms in total. The van der Waals surface area contributed by atoms with Crippen molar-refractivity contribution in [2.45, 2.75) is 51.1 Å². The van der Waals surface area contributed by atoms with Crippen molar-refractivity contribution in [1.29, 1.82) is 0 Å². The van der Waals surface area contributed by atoms with Crippen molar-refractivity contribution in [2.24, 2.45) is 5.92 Å². The molecule has 0 radical (unpaired) electrons. The smallest absolute Gasteiger partial charge is 0.326 e. The highest BCUT2D eigenvalue weighted by molar-refractivity contribution is 5.87. The Morgan fingerprint density at radius 1 is 1.39 bits per heavy atom. The molecule has 0 saturated carbocycles. The van der Waals surface area contributed by atoms with Gasteiger partial charge < -0.3 is 15.3 Å². The number of piperidine rings is 1. The van der Waals surface area contributed by atoms with Gasteiger partial charge in [0, 0.05) is 6.54 Å². The van der Waals surface area contributed by atoms with E-state index in [0.717, 1.165) is 32.2 Å². The van der Waals surface area contributed by atoms with E-state index < -0.39 is 12.0 Å². The first-order chi connectivity index (χ1) is 8.63. The third-order valence-corrected chi connectivity index (χ3v) is 4.21. The number of carboxylic acids is 1. The van der Waals surface area contributed by atoms with Gasteiger partial charge >= 0.3 is 5.97 Å². The SMILES string of the molecule is CCC1CCN(C(=O)[C@@H]2CCCN2)C(C(=O)O)C1. The number of amides is 1. The summed E-state index contributed by atoms with van der Waals surface area (Å²) in [7, 11) is 0. The molecule has 0 bridgehead atoms. The summed E-state index contributed by atoms with van der Waals surface area (Å²) in [5.74, 6) is -0.444. The normalized spacial score (nSPS) is 32.5. The lowest BCUT2D eigenvalue weighted by Crippen LogP contribution is -2.54. The third kappa shape index (κ3) is 2.66. The van der Waals surface area contributed by atoms with Crippen LogP contribution in [0.25, 0.3) is 0 Å². The van der Waals surface area contributed by atoms with Gasteiger partial charge in [0.15, 0.2) is 0 Å². The van der Waals surface area contributed by atoms with Crippen molar-refractivity contribution in [3.05, 3.63) is 0 Å². The van der Waals surface area contributed by atoms with Crippen LogP contribution in [-0.4, -0.2) is 47.1 Å². The molecular weight excluding hydrogens is 232 g/mol. The van der Waals surface area contributed by atoms with E-state index in [9.17, 15) is 14.7 Å². The summed E-state index contributed by atoms with van der Waals surface area (Å²) < 4.78 is 0. The Morgan fingerprint density at radius 2 is 2.17 bits per heavy atom. The number of hydrogen-bond donors (Lipinski definition) is 2. The molecule has 3 atom stereocenters. The number of nitrogens with zero attached hydrogens (tertiary/aromatic N) is 1. The van der Waals surface area contributed by atoms with Gasteiger partial charge in [0.2, 0.25) is 5.91 Å². The third-order valence-electron chi connectivity index (χ3n) is 4.21. The van der Waals surface area contributed by atoms with Gasteiger partial charge in [-0.05, 0) is 38.1 Å². The predicted octanol–water partition coefficient (Wildman–Crippen LogP) is 0.840. The van der Waals surface area contributed by atoms with Crippen LogP contribution >= 0.6 is 0 Å². The first-order valence-electron chi connectivity index (χ1n) is 6.90. The van der Waals surface area contributed by atoms with Crippen LogP contribution in [0.5, 0.6) is 0 Å². The van der Waals surface area contributed by atoms with Crippen LogP contribution in [0, 0.1) is 5.92 Å². The highest BCUT2D eigenvalue weighted by atomic mass is 16.4. The van der Waals surface area contributed by atoms with Crippen LogP contribution < -0.4 is 5.32 Å². The van der Waals surface area contributed by atoms with Gasteiger partial charge in [-0.25, -0.2) is 4.79 Å². The van der Waals surface area contributed by atoms with Gasteiger partial charge in [-0.3, -0.25) is 4.79 Å². The summed E-state index contributed by atoms with van der Waals surface area (Å²) in [5.41, 5.74) is 0. The minimum Gasteiger partial charge on any atom is -0.480 e. The Kier molecular flexibility index (Phi) is 4.22. The molecule has 2 fully saturated rings. The molecule has 18 heavy (non-hydrogen) atoms. The molecule has 102 valence electrons. The predicted molar refractivity (Wildman–Crippen MR) is 67.2 cm³/mol. The molecule has 0 aromatic heterocycles. The summed E-state index contributed by atoms with van der Waals surface area (Å²) in [4.78, 5) is 25.2. The highest BCUT2D eigenvalue weighted by Crippen LogP contribution is 2.26. The fraction of sp³-hybridized carbons (Fsp3) is 0.846. The van der Waals surface area contributed by atoms with Crippen LogP contribution in [0.1, 0.15) is 39.0 Å². The molecule has 2 saturated heterocycles. The topological polar surface area (TPSA) is 69.6 Å². The number of aliphatic carboxylic acids is 1. The molecule has 2 heterocycles. The van der Waals surface area contributed by atoms with Gasteiger partial charge in [-0.15, -0.1) is 0 Å². The summed E-state index contributed by atoms with van der Waals surface area (Å²) in [5, 5.41) is 12.5. The minimum atomic E-state index is -0.862. The second kappa shape index (κ2) is 5.69. The monoisotopic (exact) mass is 254 g/mol. The molecule has 2 aliphatic heterocycles. The zero-order valence-electron chi connectivity index (χ0n) is 10.9. The average molecular weight is 254 g/mol. The summed E-state index contributed by atoms with van der Waals surface area (Å²) in [6, 6.07) is -0.788. The zero-order valence-corrected chi connectivity index (χ0v) is 10.9. The van der Waals surface area contributed by atoms with Crippen molar-refractivity contribution in [3.8, 4) is 0 Å². The van der Waals surface area contributed by atoms with E-state index in [0.29, 0.717) is 18.9 Å². The largest absolute Gasteiger partial charge is 0.480 e. The fourth-order valence-electron chi connectivity index (χ4n) is 3.00. The van der Waals surface area contributed by atoms with E-state index in [4.69, 9.17) is 0 Å². The van der Waals surface area contributed by atoms with Crippen molar-refractivity contribution in [2.75, 3.05) is 13.1 Å². The van der Waals surface area contributed by atoms with Crippen molar-refractivity contribution in [3.63, 3.8) is 0 Å². The van der Waals surface area contributed by atoms with Gasteiger partial charge in [0.1, 0.15) is 6.04 Å². The van der Waals surface area contributed by atoms with E-state index >= 15 is 0 Å². The maximum Gasteiger partial charge on any atom is 0.326 e. The zero-order chi connectivity index (χ0) is 13.1. The first-order valence-corrected chi connectivity index (χ1v) is 6.90. The number of carbonyl (C=O) groups excluding carboxylic acids is 1. The second-order valence-corrected chi connectivity index (χ2v) is 5.33. The Bertz CT molecular complexity index is 326. The summed E-state index contributed by atoms with van der Waals surface area (Å²) >= 11 is 0. The summed E-state index contributed by atoms with van der Waals surface area (Å²) in [6.45, 7) is 3.53. The lowest BCUT2D eigenvalue weighted by atomic mass is 9.88. The number of carboxylic acid groups (broad SMARTS) is 1. The van der Waals surface area contributed by atoms with E-state index in [1.165, 1.54) is 0 Å². The number of hydrogen-bond acceptors (Lipinski definition) is 3. The molecule has 0 aromatic rings. The van der Waals surface area contributed by atoms with Crippen LogP contribution in [0.3, 0.4) is 0 Å². The van der Waals surface area contributed by atoms with E-state index in [-0.39, 0.29) is 11.9 Å². The van der Waals surface area contributed by atoms with E-state index in [2.05, 4.69) is 12.2 Å². The van der Waals surface area contributed by atoms with Crippen molar-refractivity contribution < 1.29 is 14.7 Å².